The highest BCUT2D eigenvalue weighted by Crippen LogP contribution is 2.05. The third-order valence-electron chi connectivity index (χ3n) is 1.09. The molecule has 1 rings (SSSR count). The number of hydrogen-bond donors (Lipinski definition) is 0. The molecule has 0 aromatic carbocycles. The van der Waals surface area contributed by atoms with Crippen molar-refractivity contribution in [3.8, 4) is 0 Å². The van der Waals surface area contributed by atoms with Crippen LogP contribution in [0, 0.1) is 0 Å². The average Bonchev–Trinajstić information content (AvgIpc) is 1.88. The van der Waals surface area contributed by atoms with Crippen LogP contribution in [0.3, 0.4) is 0 Å². The van der Waals surface area contributed by atoms with Crippen molar-refractivity contribution in [3.05, 3.63) is 36.4 Å². The van der Waals surface area contributed by atoms with Gasteiger partial charge < -0.3 is 9.64 Å². The van der Waals surface area contributed by atoms with E-state index in [1.54, 1.807) is 12.5 Å². The number of allylic oxidation sites excluding steroid dienone is 3. The minimum atomic E-state index is 1.15. The maximum absolute atomic E-state index is 4.86. The Morgan fingerprint density at radius 3 is 2.40 bits per heavy atom. The van der Waals surface area contributed by atoms with E-state index in [1.165, 1.54) is 0 Å². The summed E-state index contributed by atoms with van der Waals surface area (Å²) in [4.78, 5) is 2.00. The summed E-state index contributed by atoms with van der Waals surface area (Å²) < 4.78 is 4.86. The second-order valence-corrected chi connectivity index (χ2v) is 2.33. The Kier molecular flexibility index (Phi) is 2.15. The summed E-state index contributed by atoms with van der Waals surface area (Å²) in [6, 6.07) is 0. The van der Waals surface area contributed by atoms with Gasteiger partial charge in [-0.1, -0.05) is 0 Å². The Bertz CT molecular complexity index is 175. The lowest BCUT2D eigenvalue weighted by Gasteiger charge is -2.07. The fraction of sp³-hybridized carbons (Fsp3) is 0.250. The van der Waals surface area contributed by atoms with Crippen molar-refractivity contribution >= 4 is 0 Å². The Labute approximate surface area is 61.1 Å². The van der Waals surface area contributed by atoms with E-state index in [-0.39, 0.29) is 0 Å². The Morgan fingerprint density at radius 1 is 1.30 bits per heavy atom. The van der Waals surface area contributed by atoms with Gasteiger partial charge >= 0.3 is 0 Å². The molecule has 0 atom stereocenters. The normalized spacial score (nSPS) is 14.8. The molecule has 0 radical (unpaired) electrons. The summed E-state index contributed by atoms with van der Waals surface area (Å²) in [5.74, 6) is 0. The first-order valence-corrected chi connectivity index (χ1v) is 3.16. The van der Waals surface area contributed by atoms with E-state index in [2.05, 4.69) is 0 Å². The third-order valence-corrected chi connectivity index (χ3v) is 1.09. The van der Waals surface area contributed by atoms with Crippen molar-refractivity contribution in [2.75, 3.05) is 14.1 Å². The van der Waals surface area contributed by atoms with Crippen molar-refractivity contribution < 1.29 is 4.74 Å². The molecule has 0 saturated carbocycles. The van der Waals surface area contributed by atoms with E-state index in [1.807, 2.05) is 37.3 Å². The minimum Gasteiger partial charge on any atom is -0.473 e. The molecular weight excluding hydrogens is 126 g/mol. The van der Waals surface area contributed by atoms with E-state index < -0.39 is 0 Å². The third kappa shape index (κ3) is 1.97. The molecule has 0 fully saturated rings. The van der Waals surface area contributed by atoms with Gasteiger partial charge in [0.15, 0.2) is 0 Å². The molecule has 0 saturated heterocycles. The quantitative estimate of drug-likeness (QED) is 0.543. The van der Waals surface area contributed by atoms with Crippen LogP contribution in [0.4, 0.5) is 0 Å². The van der Waals surface area contributed by atoms with Crippen molar-refractivity contribution in [2.45, 2.75) is 0 Å². The van der Waals surface area contributed by atoms with Crippen LogP contribution in [-0.2, 0) is 4.74 Å². The predicted molar refractivity (Wildman–Crippen MR) is 41.1 cm³/mol. The molecule has 10 heavy (non-hydrogen) atoms. The van der Waals surface area contributed by atoms with Crippen LogP contribution in [0.2, 0.25) is 0 Å². The molecule has 0 N–H and O–H groups in total. The highest BCUT2D eigenvalue weighted by molar-refractivity contribution is 5.30. The average molecular weight is 137 g/mol. The van der Waals surface area contributed by atoms with E-state index in [0.717, 1.165) is 5.57 Å². The summed E-state index contributed by atoms with van der Waals surface area (Å²) in [5, 5.41) is 0. The number of hydrogen-bond acceptors (Lipinski definition) is 2. The highest BCUT2D eigenvalue weighted by atomic mass is 16.5. The van der Waals surface area contributed by atoms with E-state index in [9.17, 15) is 0 Å². The molecule has 1 aliphatic rings. The van der Waals surface area contributed by atoms with Crippen LogP contribution in [0.1, 0.15) is 0 Å². The zero-order valence-corrected chi connectivity index (χ0v) is 6.24. The fourth-order valence-corrected chi connectivity index (χ4v) is 0.721. The Hall–Kier alpha value is -1.18. The van der Waals surface area contributed by atoms with Gasteiger partial charge in [0.05, 0.1) is 12.5 Å². The molecule has 2 heteroatoms. The standard InChI is InChI=1S/C8H11NO/c1-9(2)7-8-3-5-10-6-4-8/h3-7H,1-2H3. The molecule has 0 aromatic rings. The van der Waals surface area contributed by atoms with Gasteiger partial charge in [-0.2, -0.15) is 0 Å². The summed E-state index contributed by atoms with van der Waals surface area (Å²) in [6.45, 7) is 0. The maximum Gasteiger partial charge on any atom is 0.0907 e. The summed E-state index contributed by atoms with van der Waals surface area (Å²) >= 11 is 0. The van der Waals surface area contributed by atoms with Gasteiger partial charge in [-0.25, -0.2) is 0 Å². The van der Waals surface area contributed by atoms with Crippen molar-refractivity contribution in [1.82, 2.24) is 4.90 Å². The predicted octanol–water partition coefficient (Wildman–Crippen LogP) is 1.49. The largest absolute Gasteiger partial charge is 0.473 e. The smallest absolute Gasteiger partial charge is 0.0907 e. The van der Waals surface area contributed by atoms with Crippen LogP contribution in [0.25, 0.3) is 0 Å². The second-order valence-electron chi connectivity index (χ2n) is 2.33. The first-order chi connectivity index (χ1) is 4.79. The van der Waals surface area contributed by atoms with Gasteiger partial charge in [0.25, 0.3) is 0 Å². The monoisotopic (exact) mass is 137 g/mol. The van der Waals surface area contributed by atoms with Crippen molar-refractivity contribution in [1.29, 1.82) is 0 Å². The topological polar surface area (TPSA) is 12.5 Å². The lowest BCUT2D eigenvalue weighted by Crippen LogP contribution is -2.02. The molecule has 0 amide bonds. The number of ether oxygens (including phenoxy) is 1. The van der Waals surface area contributed by atoms with Gasteiger partial charge in [-0.3, -0.25) is 0 Å². The van der Waals surface area contributed by atoms with Gasteiger partial charge in [0.1, 0.15) is 0 Å². The maximum atomic E-state index is 4.86. The number of nitrogens with zero attached hydrogens (tertiary/aromatic N) is 1. The van der Waals surface area contributed by atoms with Crippen molar-refractivity contribution in [3.63, 3.8) is 0 Å². The first-order valence-electron chi connectivity index (χ1n) is 3.16. The number of rotatable bonds is 1. The SMILES string of the molecule is CN(C)C=C1C=COC=C1. The van der Waals surface area contributed by atoms with Gasteiger partial charge in [0, 0.05) is 20.3 Å². The fourth-order valence-electron chi connectivity index (χ4n) is 0.721. The van der Waals surface area contributed by atoms with E-state index in [4.69, 9.17) is 4.74 Å². The molecule has 0 spiro atoms. The summed E-state index contributed by atoms with van der Waals surface area (Å²) in [5.41, 5.74) is 1.15. The molecule has 1 aliphatic heterocycles. The summed E-state index contributed by atoms with van der Waals surface area (Å²) in [6.07, 6.45) is 9.18. The van der Waals surface area contributed by atoms with Crippen LogP contribution in [0.5, 0.6) is 0 Å². The molecule has 0 bridgehead atoms. The lowest BCUT2D eigenvalue weighted by atomic mass is 10.2. The summed E-state index contributed by atoms with van der Waals surface area (Å²) in [7, 11) is 3.98. The second kappa shape index (κ2) is 3.11. The van der Waals surface area contributed by atoms with Gasteiger partial charge in [-0.15, -0.1) is 0 Å². The van der Waals surface area contributed by atoms with E-state index in [0.29, 0.717) is 0 Å². The molecule has 0 unspecified atom stereocenters. The Morgan fingerprint density at radius 2 is 1.90 bits per heavy atom. The van der Waals surface area contributed by atoms with Crippen molar-refractivity contribution in [2.24, 2.45) is 0 Å². The molecule has 0 aliphatic carbocycles. The molecule has 1 heterocycles. The molecule has 0 aromatic heterocycles. The van der Waals surface area contributed by atoms with E-state index >= 15 is 0 Å². The van der Waals surface area contributed by atoms with Crippen LogP contribution in [0.15, 0.2) is 36.4 Å². The van der Waals surface area contributed by atoms with Gasteiger partial charge in [-0.05, 0) is 17.7 Å². The lowest BCUT2D eigenvalue weighted by molar-refractivity contribution is 0.397. The first kappa shape index (κ1) is 6.93. The van der Waals surface area contributed by atoms with Crippen LogP contribution < -0.4 is 0 Å². The zero-order valence-electron chi connectivity index (χ0n) is 6.24. The highest BCUT2D eigenvalue weighted by Gasteiger charge is 1.90. The minimum absolute atomic E-state index is 1.15. The van der Waals surface area contributed by atoms with Gasteiger partial charge in [0.2, 0.25) is 0 Å². The Balaban J connectivity index is 2.62. The molecule has 2 nitrogen and oxygen atoms in total. The molecular formula is C8H11NO. The van der Waals surface area contributed by atoms with Crippen LogP contribution in [-0.4, -0.2) is 19.0 Å². The molecule has 54 valence electrons. The van der Waals surface area contributed by atoms with Crippen LogP contribution >= 0.6 is 0 Å². The zero-order chi connectivity index (χ0) is 7.40.